The summed E-state index contributed by atoms with van der Waals surface area (Å²) < 4.78 is 2.71. The predicted molar refractivity (Wildman–Crippen MR) is 125 cm³/mol. The van der Waals surface area contributed by atoms with Crippen LogP contribution in [0.1, 0.15) is 51.0 Å². The number of aliphatic hydroxyl groups excluding tert-OH is 1. The zero-order valence-corrected chi connectivity index (χ0v) is 20.1. The Morgan fingerprint density at radius 1 is 1.06 bits per heavy atom. The molecule has 0 saturated heterocycles. The predicted octanol–water partition coefficient (Wildman–Crippen LogP) is 3.99. The minimum absolute atomic E-state index is 0.0316. The number of benzene rings is 1. The molecular formula is C22H30BrN5O3. The maximum absolute atomic E-state index is 9.97. The quantitative estimate of drug-likeness (QED) is 0.322. The van der Waals surface area contributed by atoms with Crippen LogP contribution in [-0.2, 0) is 6.42 Å². The minimum Gasteiger partial charge on any atom is -0.504 e. The first kappa shape index (κ1) is 23.3. The van der Waals surface area contributed by atoms with E-state index in [1.165, 1.54) is 6.07 Å². The summed E-state index contributed by atoms with van der Waals surface area (Å²) in [5, 5.41) is 29.3. The zero-order chi connectivity index (χ0) is 22.9. The van der Waals surface area contributed by atoms with Gasteiger partial charge in [0.2, 0.25) is 0 Å². The van der Waals surface area contributed by atoms with Gasteiger partial charge in [-0.3, -0.25) is 0 Å². The Morgan fingerprint density at radius 3 is 2.35 bits per heavy atom. The van der Waals surface area contributed by atoms with Gasteiger partial charge in [-0.15, -0.1) is 0 Å². The summed E-state index contributed by atoms with van der Waals surface area (Å²) in [6, 6.07) is 4.98. The number of aromatic hydroxyl groups is 2. The number of nitrogens with zero attached hydrogens (tertiary/aromatic N) is 5. The third-order valence-electron chi connectivity index (χ3n) is 5.48. The second-order valence-electron chi connectivity index (χ2n) is 8.45. The molecule has 1 unspecified atom stereocenters. The smallest absolute Gasteiger partial charge is 0.179 e. The number of phenols is 2. The molecule has 0 spiro atoms. The van der Waals surface area contributed by atoms with E-state index in [4.69, 9.17) is 9.97 Å². The van der Waals surface area contributed by atoms with Crippen molar-refractivity contribution in [3.8, 4) is 11.5 Å². The van der Waals surface area contributed by atoms with Crippen molar-refractivity contribution in [1.82, 2.24) is 19.5 Å². The highest BCUT2D eigenvalue weighted by atomic mass is 79.9. The molecule has 1 aromatic carbocycles. The summed E-state index contributed by atoms with van der Waals surface area (Å²) in [5.41, 5.74) is 2.33. The average Bonchev–Trinajstić information content (AvgIpc) is 3.04. The van der Waals surface area contributed by atoms with E-state index in [2.05, 4.69) is 34.8 Å². The normalized spacial score (nSPS) is 12.8. The van der Waals surface area contributed by atoms with Crippen LogP contribution in [-0.4, -0.2) is 55.0 Å². The summed E-state index contributed by atoms with van der Waals surface area (Å²) in [7, 11) is 1.94. The molecule has 0 fully saturated rings. The van der Waals surface area contributed by atoms with Gasteiger partial charge in [0.1, 0.15) is 5.82 Å². The number of aromatic nitrogens is 4. The fourth-order valence-corrected chi connectivity index (χ4v) is 4.31. The van der Waals surface area contributed by atoms with E-state index in [1.807, 2.05) is 30.4 Å². The van der Waals surface area contributed by atoms with Crippen LogP contribution in [0.15, 0.2) is 22.9 Å². The maximum Gasteiger partial charge on any atom is 0.179 e. The van der Waals surface area contributed by atoms with Crippen LogP contribution >= 0.6 is 15.9 Å². The van der Waals surface area contributed by atoms with E-state index in [0.29, 0.717) is 34.9 Å². The van der Waals surface area contributed by atoms with Crippen molar-refractivity contribution >= 4 is 32.9 Å². The Kier molecular flexibility index (Phi) is 7.06. The number of hydrogen-bond donors (Lipinski definition) is 3. The van der Waals surface area contributed by atoms with Gasteiger partial charge in [0.25, 0.3) is 0 Å². The molecular weight excluding hydrogens is 462 g/mol. The molecule has 1 atom stereocenters. The summed E-state index contributed by atoms with van der Waals surface area (Å²) in [6.07, 6.45) is 0.644. The molecule has 9 heteroatoms. The molecule has 3 aromatic rings. The molecule has 2 aromatic heterocycles. The van der Waals surface area contributed by atoms with Crippen LogP contribution in [0, 0.1) is 5.92 Å². The Hall–Kier alpha value is -2.39. The lowest BCUT2D eigenvalue weighted by Crippen LogP contribution is -2.24. The number of aliphatic hydroxyl groups is 1. The SMILES string of the molecule is CC(C)C(CO)c1nc(N(C)CCc2ccc(O)c(O)c2)c2nc(Br)n(C(C)C)c2n1. The van der Waals surface area contributed by atoms with Crippen molar-refractivity contribution in [3.63, 3.8) is 0 Å². The third kappa shape index (κ3) is 4.77. The highest BCUT2D eigenvalue weighted by molar-refractivity contribution is 9.10. The Bertz CT molecular complexity index is 1070. The van der Waals surface area contributed by atoms with Crippen molar-refractivity contribution in [2.24, 2.45) is 5.92 Å². The molecule has 0 bridgehead atoms. The molecule has 0 saturated carbocycles. The second kappa shape index (κ2) is 9.40. The molecule has 0 amide bonds. The molecule has 3 rings (SSSR count). The van der Waals surface area contributed by atoms with Crippen molar-refractivity contribution in [3.05, 3.63) is 34.3 Å². The van der Waals surface area contributed by atoms with E-state index < -0.39 is 0 Å². The zero-order valence-electron chi connectivity index (χ0n) is 18.5. The molecule has 31 heavy (non-hydrogen) atoms. The molecule has 3 N–H and O–H groups in total. The summed E-state index contributed by atoms with van der Waals surface area (Å²) in [6.45, 7) is 8.82. The van der Waals surface area contributed by atoms with E-state index in [0.717, 1.165) is 11.2 Å². The summed E-state index contributed by atoms with van der Waals surface area (Å²) >= 11 is 3.56. The van der Waals surface area contributed by atoms with Crippen molar-refractivity contribution in [2.75, 3.05) is 25.1 Å². The first-order valence-corrected chi connectivity index (χ1v) is 11.2. The van der Waals surface area contributed by atoms with Gasteiger partial charge in [0, 0.05) is 25.6 Å². The molecule has 8 nitrogen and oxygen atoms in total. The third-order valence-corrected chi connectivity index (χ3v) is 6.04. The van der Waals surface area contributed by atoms with Crippen LogP contribution in [0.25, 0.3) is 11.2 Å². The van der Waals surface area contributed by atoms with Crippen molar-refractivity contribution in [1.29, 1.82) is 0 Å². The molecule has 168 valence electrons. The number of imidazole rings is 1. The first-order valence-electron chi connectivity index (χ1n) is 10.4. The van der Waals surface area contributed by atoms with Gasteiger partial charge < -0.3 is 24.8 Å². The minimum atomic E-state index is -0.181. The van der Waals surface area contributed by atoms with Crippen LogP contribution in [0.4, 0.5) is 5.82 Å². The topological polar surface area (TPSA) is 108 Å². The first-order chi connectivity index (χ1) is 14.6. The lowest BCUT2D eigenvalue weighted by atomic mass is 9.96. The summed E-state index contributed by atoms with van der Waals surface area (Å²) in [4.78, 5) is 16.3. The van der Waals surface area contributed by atoms with Crippen LogP contribution in [0.2, 0.25) is 0 Å². The van der Waals surface area contributed by atoms with E-state index in [1.54, 1.807) is 12.1 Å². The fourth-order valence-electron chi connectivity index (χ4n) is 3.56. The molecule has 0 aliphatic carbocycles. The highest BCUT2D eigenvalue weighted by Crippen LogP contribution is 2.32. The van der Waals surface area contributed by atoms with Crippen LogP contribution in [0.3, 0.4) is 0 Å². The number of likely N-dealkylation sites (N-methyl/N-ethyl adjacent to an activating group) is 1. The Labute approximate surface area is 190 Å². The number of halogens is 1. The van der Waals surface area contributed by atoms with Crippen molar-refractivity contribution in [2.45, 2.75) is 46.1 Å². The van der Waals surface area contributed by atoms with Gasteiger partial charge in [-0.1, -0.05) is 19.9 Å². The average molecular weight is 492 g/mol. The van der Waals surface area contributed by atoms with Gasteiger partial charge in [0.15, 0.2) is 33.2 Å². The van der Waals surface area contributed by atoms with Gasteiger partial charge >= 0.3 is 0 Å². The highest BCUT2D eigenvalue weighted by Gasteiger charge is 2.25. The number of phenolic OH excluding ortho intramolecular Hbond substituents is 2. The van der Waals surface area contributed by atoms with Crippen molar-refractivity contribution < 1.29 is 15.3 Å². The number of hydrogen-bond acceptors (Lipinski definition) is 7. The van der Waals surface area contributed by atoms with E-state index in [9.17, 15) is 15.3 Å². The standard InChI is InChI=1S/C22H30BrN5O3/c1-12(2)15(11-29)19-25-20(18-21(26-19)28(13(3)4)22(23)24-18)27(5)9-8-14-6-7-16(30)17(31)10-14/h6-7,10,12-13,15,29-31H,8-9,11H2,1-5H3. The molecule has 0 radical (unpaired) electrons. The molecule has 0 aliphatic rings. The molecule has 2 heterocycles. The molecule has 0 aliphatic heterocycles. The van der Waals surface area contributed by atoms with Gasteiger partial charge in [-0.2, -0.15) is 0 Å². The van der Waals surface area contributed by atoms with Gasteiger partial charge in [0.05, 0.1) is 6.61 Å². The lowest BCUT2D eigenvalue weighted by molar-refractivity contribution is 0.232. The largest absolute Gasteiger partial charge is 0.504 e. The Balaban J connectivity index is 2.04. The Morgan fingerprint density at radius 2 is 1.77 bits per heavy atom. The number of fused-ring (bicyclic) bond motifs is 1. The van der Waals surface area contributed by atoms with Gasteiger partial charge in [-0.25, -0.2) is 15.0 Å². The van der Waals surface area contributed by atoms with Crippen LogP contribution in [0.5, 0.6) is 11.5 Å². The second-order valence-corrected chi connectivity index (χ2v) is 9.16. The number of rotatable bonds is 8. The number of anilines is 1. The lowest BCUT2D eigenvalue weighted by Gasteiger charge is -2.22. The summed E-state index contributed by atoms with van der Waals surface area (Å²) in [5.74, 6) is 1.03. The fraction of sp³-hybridized carbons (Fsp3) is 0.500. The monoisotopic (exact) mass is 491 g/mol. The van der Waals surface area contributed by atoms with E-state index >= 15 is 0 Å². The maximum atomic E-state index is 9.97. The van der Waals surface area contributed by atoms with Gasteiger partial charge in [-0.05, 0) is 59.8 Å². The van der Waals surface area contributed by atoms with E-state index in [-0.39, 0.29) is 36.0 Å². The van der Waals surface area contributed by atoms with Crippen LogP contribution < -0.4 is 4.90 Å².